The molecule has 2 aromatic heterocycles. The monoisotopic (exact) mass is 432 g/mol. The number of nitrogens with one attached hydrogen (secondary N) is 1. The summed E-state index contributed by atoms with van der Waals surface area (Å²) in [6.45, 7) is 3.35. The zero-order valence-electron chi connectivity index (χ0n) is 16.5. The molecule has 8 nitrogen and oxygen atoms in total. The van der Waals surface area contributed by atoms with Gasteiger partial charge in [0.1, 0.15) is 17.5 Å². The minimum absolute atomic E-state index is 0.0847. The van der Waals surface area contributed by atoms with Crippen LogP contribution in [0.3, 0.4) is 0 Å². The number of halogens is 2. The maximum absolute atomic E-state index is 14.1. The molecule has 10 heteroatoms. The number of amides is 1. The normalized spacial score (nSPS) is 15.8. The van der Waals surface area contributed by atoms with E-state index in [1.807, 2.05) is 17.7 Å². The van der Waals surface area contributed by atoms with Crippen molar-refractivity contribution < 1.29 is 9.18 Å². The molecule has 1 amide bonds. The van der Waals surface area contributed by atoms with Gasteiger partial charge in [-0.3, -0.25) is 9.36 Å². The van der Waals surface area contributed by atoms with Gasteiger partial charge in [0, 0.05) is 42.6 Å². The van der Waals surface area contributed by atoms with Gasteiger partial charge < -0.3 is 9.88 Å². The summed E-state index contributed by atoms with van der Waals surface area (Å²) in [7, 11) is 0. The lowest BCUT2D eigenvalue weighted by Gasteiger charge is -2.21. The lowest BCUT2D eigenvalue weighted by molar-refractivity contribution is -0.123. The first-order valence-electron chi connectivity index (χ1n) is 9.81. The second-order valence-corrected chi connectivity index (χ2v) is 7.71. The molecule has 3 heterocycles. The summed E-state index contributed by atoms with van der Waals surface area (Å²) < 4.78 is 18.8. The molecule has 1 aliphatic heterocycles. The molecular weight excluding hydrogens is 411 g/mol. The quantitative estimate of drug-likeness (QED) is 0.646. The molecule has 158 valence electrons. The number of nitrogens with zero attached hydrogens (tertiary/aromatic N) is 5. The highest BCUT2D eigenvalue weighted by Gasteiger charge is 2.31. The van der Waals surface area contributed by atoms with E-state index >= 15 is 0 Å². The van der Waals surface area contributed by atoms with Gasteiger partial charge in [-0.05, 0) is 31.9 Å². The molecule has 0 radical (unpaired) electrons. The van der Waals surface area contributed by atoms with Gasteiger partial charge in [0.15, 0.2) is 0 Å². The average molecular weight is 433 g/mol. The summed E-state index contributed by atoms with van der Waals surface area (Å²) in [6, 6.07) is 4.37. The lowest BCUT2D eigenvalue weighted by Crippen LogP contribution is -2.36. The average Bonchev–Trinajstić information content (AvgIpc) is 3.28. The van der Waals surface area contributed by atoms with Crippen molar-refractivity contribution in [2.45, 2.75) is 45.3 Å². The van der Waals surface area contributed by atoms with E-state index in [0.29, 0.717) is 38.3 Å². The van der Waals surface area contributed by atoms with Crippen LogP contribution in [-0.4, -0.2) is 36.4 Å². The highest BCUT2D eigenvalue weighted by atomic mass is 35.5. The number of carbonyl (C=O) groups is 1. The zero-order chi connectivity index (χ0) is 21.3. The molecule has 1 N–H and O–H groups in total. The standard InChI is InChI=1S/C20H22ClFN6O2/c1-13-23-7-10-26(13)11-8-24-19(29)14-4-3-9-27-18(14)25-28(20(27)30)12-15-16(21)5-2-6-17(15)22/h2,5-7,10,14H,3-4,8-9,11-12H2,1H3,(H,24,29). The summed E-state index contributed by atoms with van der Waals surface area (Å²) in [5.74, 6) is 0.100. The second kappa shape index (κ2) is 8.43. The van der Waals surface area contributed by atoms with Gasteiger partial charge in [0.05, 0.1) is 12.5 Å². The van der Waals surface area contributed by atoms with Crippen LogP contribution in [0.1, 0.15) is 36.0 Å². The molecule has 0 fully saturated rings. The van der Waals surface area contributed by atoms with Crippen LogP contribution in [0.15, 0.2) is 35.4 Å². The van der Waals surface area contributed by atoms with Crippen molar-refractivity contribution in [1.82, 2.24) is 29.2 Å². The maximum Gasteiger partial charge on any atom is 0.346 e. The molecule has 0 saturated heterocycles. The Labute approximate surface area is 177 Å². The van der Waals surface area contributed by atoms with E-state index in [1.54, 1.807) is 12.3 Å². The fourth-order valence-corrected chi connectivity index (χ4v) is 3.98. The third kappa shape index (κ3) is 3.89. The molecule has 0 bridgehead atoms. The topological polar surface area (TPSA) is 86.7 Å². The Morgan fingerprint density at radius 1 is 1.40 bits per heavy atom. The molecule has 1 atom stereocenters. The van der Waals surface area contributed by atoms with Crippen molar-refractivity contribution in [3.63, 3.8) is 0 Å². The van der Waals surface area contributed by atoms with Gasteiger partial charge in [-0.15, -0.1) is 0 Å². The number of benzene rings is 1. The van der Waals surface area contributed by atoms with Crippen molar-refractivity contribution in [3.8, 4) is 0 Å². The van der Waals surface area contributed by atoms with Gasteiger partial charge in [-0.2, -0.15) is 5.10 Å². The summed E-state index contributed by atoms with van der Waals surface area (Å²) in [4.78, 5) is 29.7. The SMILES string of the molecule is Cc1nccn1CCNC(=O)C1CCCn2c1nn(Cc1c(F)cccc1Cl)c2=O. The van der Waals surface area contributed by atoms with E-state index in [1.165, 1.54) is 21.4 Å². The fraction of sp³-hybridized carbons (Fsp3) is 0.400. The Kier molecular flexibility index (Phi) is 5.72. The summed E-state index contributed by atoms with van der Waals surface area (Å²) >= 11 is 6.09. The molecule has 4 rings (SSSR count). The van der Waals surface area contributed by atoms with Crippen LogP contribution in [-0.2, 0) is 24.4 Å². The third-order valence-corrected chi connectivity index (χ3v) is 5.75. The number of aryl methyl sites for hydroxylation is 1. The van der Waals surface area contributed by atoms with Gasteiger partial charge in [-0.25, -0.2) is 18.9 Å². The lowest BCUT2D eigenvalue weighted by atomic mass is 9.98. The molecule has 1 aliphatic rings. The van der Waals surface area contributed by atoms with E-state index in [-0.39, 0.29) is 28.7 Å². The number of hydrogen-bond donors (Lipinski definition) is 1. The van der Waals surface area contributed by atoms with E-state index in [2.05, 4.69) is 15.4 Å². The van der Waals surface area contributed by atoms with Gasteiger partial charge in [0.25, 0.3) is 0 Å². The smallest absolute Gasteiger partial charge is 0.346 e. The second-order valence-electron chi connectivity index (χ2n) is 7.30. The molecule has 3 aromatic rings. The number of carbonyl (C=O) groups excluding carboxylic acids is 1. The first kappa shape index (κ1) is 20.3. The Hall–Kier alpha value is -2.94. The zero-order valence-corrected chi connectivity index (χ0v) is 17.3. The predicted molar refractivity (Wildman–Crippen MR) is 109 cm³/mol. The largest absolute Gasteiger partial charge is 0.354 e. The maximum atomic E-state index is 14.1. The van der Waals surface area contributed by atoms with Crippen molar-refractivity contribution >= 4 is 17.5 Å². The first-order valence-corrected chi connectivity index (χ1v) is 10.2. The Morgan fingerprint density at radius 3 is 2.97 bits per heavy atom. The first-order chi connectivity index (χ1) is 14.5. The van der Waals surface area contributed by atoms with Crippen molar-refractivity contribution in [3.05, 3.63) is 69.1 Å². The highest BCUT2D eigenvalue weighted by Crippen LogP contribution is 2.25. The molecule has 0 aliphatic carbocycles. The van der Waals surface area contributed by atoms with Crippen molar-refractivity contribution in [2.24, 2.45) is 0 Å². The van der Waals surface area contributed by atoms with E-state index < -0.39 is 11.7 Å². The number of fused-ring (bicyclic) bond motifs is 1. The summed E-state index contributed by atoms with van der Waals surface area (Å²) in [6.07, 6.45) is 4.87. The highest BCUT2D eigenvalue weighted by molar-refractivity contribution is 6.31. The predicted octanol–water partition coefficient (Wildman–Crippen LogP) is 2.08. The van der Waals surface area contributed by atoms with Crippen LogP contribution in [0.4, 0.5) is 4.39 Å². The molecule has 1 aromatic carbocycles. The molecule has 0 saturated carbocycles. The van der Waals surface area contributed by atoms with Crippen LogP contribution in [0.2, 0.25) is 5.02 Å². The Morgan fingerprint density at radius 2 is 2.23 bits per heavy atom. The Bertz CT molecular complexity index is 1110. The molecular formula is C20H22ClFN6O2. The van der Waals surface area contributed by atoms with Crippen LogP contribution < -0.4 is 11.0 Å². The molecule has 0 spiro atoms. The Balaban J connectivity index is 1.51. The van der Waals surface area contributed by atoms with Gasteiger partial charge in [0.2, 0.25) is 5.91 Å². The summed E-state index contributed by atoms with van der Waals surface area (Å²) in [5.41, 5.74) is -0.163. The van der Waals surface area contributed by atoms with Crippen LogP contribution >= 0.6 is 11.6 Å². The van der Waals surface area contributed by atoms with E-state index in [9.17, 15) is 14.0 Å². The third-order valence-electron chi connectivity index (χ3n) is 5.40. The number of rotatable bonds is 6. The van der Waals surface area contributed by atoms with Gasteiger partial charge in [-0.1, -0.05) is 17.7 Å². The van der Waals surface area contributed by atoms with Crippen LogP contribution in [0.5, 0.6) is 0 Å². The van der Waals surface area contributed by atoms with Crippen molar-refractivity contribution in [1.29, 1.82) is 0 Å². The minimum Gasteiger partial charge on any atom is -0.354 e. The minimum atomic E-state index is -0.521. The van der Waals surface area contributed by atoms with Gasteiger partial charge >= 0.3 is 5.69 Å². The number of hydrogen-bond acceptors (Lipinski definition) is 4. The fourth-order valence-electron chi connectivity index (χ4n) is 3.76. The number of aromatic nitrogens is 5. The van der Waals surface area contributed by atoms with Crippen LogP contribution in [0, 0.1) is 12.7 Å². The van der Waals surface area contributed by atoms with E-state index in [4.69, 9.17) is 11.6 Å². The number of imidazole rings is 1. The molecule has 1 unspecified atom stereocenters. The summed E-state index contributed by atoms with van der Waals surface area (Å²) in [5, 5.41) is 7.52. The van der Waals surface area contributed by atoms with Crippen LogP contribution in [0.25, 0.3) is 0 Å². The molecule has 30 heavy (non-hydrogen) atoms. The van der Waals surface area contributed by atoms with E-state index in [0.717, 1.165) is 5.82 Å². The van der Waals surface area contributed by atoms with Crippen molar-refractivity contribution in [2.75, 3.05) is 6.54 Å².